The molecule has 6 nitrogen and oxygen atoms in total. The van der Waals surface area contributed by atoms with Gasteiger partial charge in [0.05, 0.1) is 11.3 Å². The lowest BCUT2D eigenvalue weighted by Gasteiger charge is -2.27. The van der Waals surface area contributed by atoms with Gasteiger partial charge in [-0.1, -0.05) is 6.07 Å². The second kappa shape index (κ2) is 7.16. The molecule has 0 aliphatic carbocycles. The number of aromatic nitrogens is 4. The minimum absolute atomic E-state index is 0.209. The minimum Gasteiger partial charge on any atom is -0.306 e. The van der Waals surface area contributed by atoms with Crippen LogP contribution in [0.2, 0.25) is 0 Å². The Morgan fingerprint density at radius 2 is 2.04 bits per heavy atom. The Morgan fingerprint density at radius 1 is 1.18 bits per heavy atom. The van der Waals surface area contributed by atoms with Gasteiger partial charge in [-0.05, 0) is 23.8 Å². The van der Waals surface area contributed by atoms with Crippen LogP contribution < -0.4 is 5.56 Å². The molecule has 0 aromatic carbocycles. The van der Waals surface area contributed by atoms with Crippen LogP contribution in [0.4, 0.5) is 13.2 Å². The van der Waals surface area contributed by atoms with Gasteiger partial charge in [0, 0.05) is 50.2 Å². The van der Waals surface area contributed by atoms with Crippen molar-refractivity contribution in [1.29, 1.82) is 0 Å². The number of alkyl halides is 3. The van der Waals surface area contributed by atoms with E-state index < -0.39 is 11.9 Å². The molecule has 9 heteroatoms. The normalized spacial score (nSPS) is 14.7. The van der Waals surface area contributed by atoms with Gasteiger partial charge in [-0.15, -0.1) is 0 Å². The quantitative estimate of drug-likeness (QED) is 0.748. The van der Waals surface area contributed by atoms with Crippen LogP contribution in [0.3, 0.4) is 0 Å². The zero-order valence-corrected chi connectivity index (χ0v) is 14.7. The highest BCUT2D eigenvalue weighted by Crippen LogP contribution is 2.27. The summed E-state index contributed by atoms with van der Waals surface area (Å²) in [6, 6.07) is 5.99. The van der Waals surface area contributed by atoms with Crippen molar-refractivity contribution in [3.63, 3.8) is 0 Å². The predicted molar refractivity (Wildman–Crippen MR) is 95.1 cm³/mol. The molecule has 3 aromatic rings. The Kier molecular flexibility index (Phi) is 4.68. The zero-order valence-electron chi connectivity index (χ0n) is 14.7. The minimum atomic E-state index is -4.45. The van der Waals surface area contributed by atoms with Crippen LogP contribution in [0.1, 0.15) is 22.5 Å². The summed E-state index contributed by atoms with van der Waals surface area (Å²) in [6.45, 7) is 1.44. The fourth-order valence-electron chi connectivity index (χ4n) is 3.20. The van der Waals surface area contributed by atoms with Crippen molar-refractivity contribution in [2.45, 2.75) is 25.7 Å². The Morgan fingerprint density at radius 3 is 2.71 bits per heavy atom. The summed E-state index contributed by atoms with van der Waals surface area (Å²) in [5.74, 6) is 0.484. The van der Waals surface area contributed by atoms with E-state index in [1.54, 1.807) is 18.5 Å². The molecule has 0 amide bonds. The molecule has 1 aliphatic rings. The van der Waals surface area contributed by atoms with Crippen LogP contribution in [0.25, 0.3) is 11.4 Å². The molecule has 0 saturated heterocycles. The van der Waals surface area contributed by atoms with Gasteiger partial charge in [0.25, 0.3) is 5.56 Å². The van der Waals surface area contributed by atoms with Gasteiger partial charge in [0.2, 0.25) is 0 Å². The van der Waals surface area contributed by atoms with Crippen LogP contribution in [0.15, 0.2) is 47.7 Å². The van der Waals surface area contributed by atoms with E-state index in [9.17, 15) is 18.0 Å². The Balaban J connectivity index is 1.51. The van der Waals surface area contributed by atoms with Gasteiger partial charge in [-0.3, -0.25) is 19.7 Å². The molecular formula is C19H16F3N5O. The number of halogens is 3. The summed E-state index contributed by atoms with van der Waals surface area (Å²) >= 11 is 0. The Hall–Kier alpha value is -3.07. The highest BCUT2D eigenvalue weighted by molar-refractivity contribution is 5.53. The van der Waals surface area contributed by atoms with E-state index in [-0.39, 0.29) is 5.56 Å². The third-order valence-corrected chi connectivity index (χ3v) is 4.60. The summed E-state index contributed by atoms with van der Waals surface area (Å²) in [7, 11) is 0. The number of nitrogens with zero attached hydrogens (tertiary/aromatic N) is 4. The van der Waals surface area contributed by atoms with E-state index >= 15 is 0 Å². The molecule has 0 fully saturated rings. The predicted octanol–water partition coefficient (Wildman–Crippen LogP) is 2.80. The molecule has 0 spiro atoms. The molecular weight excluding hydrogens is 371 g/mol. The fraction of sp³-hybridized carbons (Fsp3) is 0.263. The first-order valence-corrected chi connectivity index (χ1v) is 8.67. The first kappa shape index (κ1) is 18.3. The monoisotopic (exact) mass is 387 g/mol. The van der Waals surface area contributed by atoms with E-state index in [1.807, 2.05) is 11.0 Å². The third-order valence-electron chi connectivity index (χ3n) is 4.60. The average Bonchev–Trinajstić information content (AvgIpc) is 2.69. The maximum atomic E-state index is 12.6. The number of hydrogen-bond donors (Lipinski definition) is 1. The SMILES string of the molecule is O=c1[nH]c(-c2cccnc2)nc2c1CN(Cc1ccc(C(F)(F)F)nc1)CC2. The number of hydrogen-bond acceptors (Lipinski definition) is 5. The van der Waals surface area contributed by atoms with Gasteiger partial charge in [0.15, 0.2) is 0 Å². The second-order valence-corrected chi connectivity index (χ2v) is 6.59. The van der Waals surface area contributed by atoms with Crippen molar-refractivity contribution >= 4 is 0 Å². The van der Waals surface area contributed by atoms with Gasteiger partial charge in [-0.2, -0.15) is 13.2 Å². The standard InChI is InChI=1S/C19H16F3N5O/c20-19(21,22)16-4-3-12(8-24-16)10-27-7-5-15-14(11-27)18(28)26-17(25-15)13-2-1-6-23-9-13/h1-4,6,8-9H,5,7,10-11H2,(H,25,26,28). The molecule has 0 saturated carbocycles. The molecule has 0 unspecified atom stereocenters. The zero-order chi connectivity index (χ0) is 19.7. The second-order valence-electron chi connectivity index (χ2n) is 6.59. The smallest absolute Gasteiger partial charge is 0.306 e. The lowest BCUT2D eigenvalue weighted by Crippen LogP contribution is -2.35. The van der Waals surface area contributed by atoms with E-state index in [2.05, 4.69) is 19.9 Å². The highest BCUT2D eigenvalue weighted by atomic mass is 19.4. The molecule has 144 valence electrons. The van der Waals surface area contributed by atoms with Crippen molar-refractivity contribution in [2.24, 2.45) is 0 Å². The van der Waals surface area contributed by atoms with E-state index in [1.165, 1.54) is 12.3 Å². The Labute approximate surface area is 158 Å². The van der Waals surface area contributed by atoms with E-state index in [0.717, 1.165) is 17.3 Å². The molecule has 4 heterocycles. The molecule has 3 aromatic heterocycles. The van der Waals surface area contributed by atoms with E-state index in [0.29, 0.717) is 43.0 Å². The first-order chi connectivity index (χ1) is 13.4. The van der Waals surface area contributed by atoms with Gasteiger partial charge in [0.1, 0.15) is 11.5 Å². The number of H-pyrrole nitrogens is 1. The topological polar surface area (TPSA) is 74.8 Å². The fourth-order valence-corrected chi connectivity index (χ4v) is 3.20. The average molecular weight is 387 g/mol. The maximum Gasteiger partial charge on any atom is 0.433 e. The van der Waals surface area contributed by atoms with Crippen molar-refractivity contribution in [3.8, 4) is 11.4 Å². The molecule has 0 radical (unpaired) electrons. The lowest BCUT2D eigenvalue weighted by molar-refractivity contribution is -0.141. The van der Waals surface area contributed by atoms with Crippen LogP contribution in [0.5, 0.6) is 0 Å². The van der Waals surface area contributed by atoms with Gasteiger partial charge < -0.3 is 4.98 Å². The van der Waals surface area contributed by atoms with Gasteiger partial charge in [-0.25, -0.2) is 4.98 Å². The van der Waals surface area contributed by atoms with Crippen molar-refractivity contribution < 1.29 is 13.2 Å². The molecule has 4 rings (SSSR count). The summed E-state index contributed by atoms with van der Waals surface area (Å²) < 4.78 is 37.9. The first-order valence-electron chi connectivity index (χ1n) is 8.67. The molecule has 0 atom stereocenters. The summed E-state index contributed by atoms with van der Waals surface area (Å²) in [5, 5.41) is 0. The number of pyridine rings is 2. The summed E-state index contributed by atoms with van der Waals surface area (Å²) in [5.41, 5.74) is 1.60. The highest BCUT2D eigenvalue weighted by Gasteiger charge is 2.32. The molecule has 28 heavy (non-hydrogen) atoms. The number of fused-ring (bicyclic) bond motifs is 1. The van der Waals surface area contributed by atoms with Crippen LogP contribution in [0, 0.1) is 0 Å². The molecule has 0 bridgehead atoms. The largest absolute Gasteiger partial charge is 0.433 e. The lowest BCUT2D eigenvalue weighted by atomic mass is 10.1. The summed E-state index contributed by atoms with van der Waals surface area (Å²) in [4.78, 5) is 29.4. The number of rotatable bonds is 3. The molecule has 1 N–H and O–H groups in total. The van der Waals surface area contributed by atoms with Crippen molar-refractivity contribution in [2.75, 3.05) is 6.54 Å². The Bertz CT molecular complexity index is 1030. The van der Waals surface area contributed by atoms with Crippen molar-refractivity contribution in [3.05, 3.63) is 75.7 Å². The maximum absolute atomic E-state index is 12.6. The number of nitrogens with one attached hydrogen (secondary N) is 1. The van der Waals surface area contributed by atoms with E-state index in [4.69, 9.17) is 0 Å². The van der Waals surface area contributed by atoms with Crippen LogP contribution >= 0.6 is 0 Å². The summed E-state index contributed by atoms with van der Waals surface area (Å²) in [6.07, 6.45) is 0.645. The van der Waals surface area contributed by atoms with Crippen LogP contribution in [-0.4, -0.2) is 31.4 Å². The van der Waals surface area contributed by atoms with Crippen LogP contribution in [-0.2, 0) is 25.7 Å². The number of aromatic amines is 1. The van der Waals surface area contributed by atoms with Crippen molar-refractivity contribution in [1.82, 2.24) is 24.8 Å². The molecule has 1 aliphatic heterocycles. The third kappa shape index (κ3) is 3.79. The van der Waals surface area contributed by atoms with Gasteiger partial charge >= 0.3 is 6.18 Å².